The molecule has 0 atom stereocenters. The monoisotopic (exact) mass is 478 g/mol. The molecule has 23 heavy (non-hydrogen) atoms. The first-order valence-electron chi connectivity index (χ1n) is 7.60. The molecule has 1 aliphatic rings. The number of nitrogens with zero attached hydrogens (tertiary/aromatic N) is 2. The van der Waals surface area contributed by atoms with E-state index >= 15 is 0 Å². The number of rotatable bonds is 5. The van der Waals surface area contributed by atoms with Gasteiger partial charge >= 0.3 is 0 Å². The molecule has 0 spiro atoms. The Labute approximate surface area is 162 Å². The Hall–Kier alpha value is 0.260. The zero-order valence-electron chi connectivity index (χ0n) is 15.0. The second-order valence-electron chi connectivity index (χ2n) is 6.96. The van der Waals surface area contributed by atoms with Gasteiger partial charge in [0.15, 0.2) is 5.96 Å². The summed E-state index contributed by atoms with van der Waals surface area (Å²) in [6, 6.07) is 0. The van der Waals surface area contributed by atoms with Crippen molar-refractivity contribution in [2.24, 2.45) is 4.99 Å². The van der Waals surface area contributed by atoms with Crippen molar-refractivity contribution in [2.45, 2.75) is 44.9 Å². The van der Waals surface area contributed by atoms with Gasteiger partial charge in [-0.15, -0.1) is 24.0 Å². The van der Waals surface area contributed by atoms with Crippen molar-refractivity contribution < 1.29 is 8.42 Å². The van der Waals surface area contributed by atoms with Crippen LogP contribution < -0.4 is 10.0 Å². The second kappa shape index (κ2) is 9.10. The summed E-state index contributed by atoms with van der Waals surface area (Å²) in [7, 11) is -3.24. The lowest BCUT2D eigenvalue weighted by molar-refractivity contribution is 0.372. The van der Waals surface area contributed by atoms with E-state index in [1.54, 1.807) is 0 Å². The molecule has 9 heteroatoms. The number of sulfonamides is 1. The van der Waals surface area contributed by atoms with E-state index in [1.807, 2.05) is 32.5 Å². The molecule has 0 aromatic carbocycles. The zero-order valence-corrected chi connectivity index (χ0v) is 18.9. The van der Waals surface area contributed by atoms with Crippen LogP contribution in [0.5, 0.6) is 0 Å². The van der Waals surface area contributed by atoms with E-state index in [4.69, 9.17) is 0 Å². The van der Waals surface area contributed by atoms with Crippen LogP contribution in [0.1, 0.15) is 34.6 Å². The summed E-state index contributed by atoms with van der Waals surface area (Å²) in [4.78, 5) is 6.91. The van der Waals surface area contributed by atoms with Gasteiger partial charge in [0.05, 0.1) is 12.8 Å². The summed E-state index contributed by atoms with van der Waals surface area (Å²) in [5.41, 5.74) is -0.603. The van der Waals surface area contributed by atoms with Crippen molar-refractivity contribution in [3.63, 3.8) is 0 Å². The fraction of sp³-hybridized carbons (Fsp3) is 0.929. The summed E-state index contributed by atoms with van der Waals surface area (Å²) in [6.07, 6.45) is 1.17. The molecule has 0 radical (unpaired) electrons. The minimum Gasteiger partial charge on any atom is -0.357 e. The molecule has 1 rings (SSSR count). The maximum Gasteiger partial charge on any atom is 0.209 e. The molecule has 1 saturated heterocycles. The van der Waals surface area contributed by atoms with Crippen molar-refractivity contribution in [2.75, 3.05) is 38.2 Å². The third-order valence-corrected chi connectivity index (χ3v) is 5.37. The Morgan fingerprint density at radius 1 is 1.39 bits per heavy atom. The van der Waals surface area contributed by atoms with Crippen LogP contribution in [0.25, 0.3) is 0 Å². The minimum absolute atomic E-state index is 0. The Kier molecular flexibility index (Phi) is 9.20. The maximum atomic E-state index is 11.4. The fourth-order valence-electron chi connectivity index (χ4n) is 2.43. The average Bonchev–Trinajstić information content (AvgIpc) is 2.30. The number of thioether (sulfide) groups is 1. The lowest BCUT2D eigenvalue weighted by Gasteiger charge is -2.39. The molecule has 0 bridgehead atoms. The average molecular weight is 478 g/mol. The van der Waals surface area contributed by atoms with Crippen molar-refractivity contribution in [1.82, 2.24) is 14.9 Å². The van der Waals surface area contributed by atoms with Crippen molar-refractivity contribution in [1.29, 1.82) is 0 Å². The lowest BCUT2D eigenvalue weighted by atomic mass is 10.1. The zero-order chi connectivity index (χ0) is 17.0. The highest BCUT2D eigenvalue weighted by Gasteiger charge is 2.29. The fourth-order valence-corrected chi connectivity index (χ4v) is 4.61. The van der Waals surface area contributed by atoms with E-state index in [-0.39, 0.29) is 28.7 Å². The van der Waals surface area contributed by atoms with Crippen LogP contribution in [-0.2, 0) is 10.0 Å². The van der Waals surface area contributed by atoms with Gasteiger partial charge in [-0.25, -0.2) is 13.1 Å². The molecule has 0 saturated carbocycles. The predicted octanol–water partition coefficient (Wildman–Crippen LogP) is 1.73. The lowest BCUT2D eigenvalue weighted by Crippen LogP contribution is -2.52. The van der Waals surface area contributed by atoms with E-state index in [1.165, 1.54) is 6.26 Å². The van der Waals surface area contributed by atoms with E-state index in [9.17, 15) is 8.42 Å². The first kappa shape index (κ1) is 23.3. The SMILES string of the molecule is CCNC(=NCC(C)(C)NS(C)(=O)=O)N1CCSC(C)(C)C1.I. The van der Waals surface area contributed by atoms with Crippen LogP contribution in [0, 0.1) is 0 Å². The quantitative estimate of drug-likeness (QED) is 0.358. The van der Waals surface area contributed by atoms with Crippen molar-refractivity contribution in [3.8, 4) is 0 Å². The predicted molar refractivity (Wildman–Crippen MR) is 112 cm³/mol. The highest BCUT2D eigenvalue weighted by atomic mass is 127. The molecule has 1 aliphatic heterocycles. The molecule has 0 aromatic heterocycles. The van der Waals surface area contributed by atoms with Crippen LogP contribution in [0.2, 0.25) is 0 Å². The van der Waals surface area contributed by atoms with Gasteiger partial charge in [0.1, 0.15) is 0 Å². The van der Waals surface area contributed by atoms with Gasteiger partial charge in [0.2, 0.25) is 10.0 Å². The number of halogens is 1. The van der Waals surface area contributed by atoms with E-state index in [0.717, 1.165) is 31.3 Å². The number of aliphatic imine (C=N–C) groups is 1. The summed E-state index contributed by atoms with van der Waals surface area (Å²) in [5.74, 6) is 1.93. The number of hydrogen-bond acceptors (Lipinski definition) is 4. The molecule has 6 nitrogen and oxygen atoms in total. The van der Waals surface area contributed by atoms with Crippen LogP contribution in [0.4, 0.5) is 0 Å². The van der Waals surface area contributed by atoms with Crippen molar-refractivity contribution in [3.05, 3.63) is 0 Å². The maximum absolute atomic E-state index is 11.4. The van der Waals surface area contributed by atoms with Crippen LogP contribution in [-0.4, -0.2) is 67.8 Å². The van der Waals surface area contributed by atoms with E-state index < -0.39 is 15.6 Å². The highest BCUT2D eigenvalue weighted by molar-refractivity contribution is 14.0. The van der Waals surface area contributed by atoms with E-state index in [0.29, 0.717) is 6.54 Å². The van der Waals surface area contributed by atoms with E-state index in [2.05, 4.69) is 33.8 Å². The first-order chi connectivity index (χ1) is 9.94. The largest absolute Gasteiger partial charge is 0.357 e. The van der Waals surface area contributed by atoms with Crippen LogP contribution >= 0.6 is 35.7 Å². The molecule has 0 amide bonds. The highest BCUT2D eigenvalue weighted by Crippen LogP contribution is 2.29. The molecular weight excluding hydrogens is 447 g/mol. The molecular formula is C14H31IN4O2S2. The molecule has 0 aliphatic carbocycles. The number of nitrogens with one attached hydrogen (secondary N) is 2. The Balaban J connectivity index is 0.00000484. The van der Waals surface area contributed by atoms with Crippen molar-refractivity contribution >= 4 is 51.7 Å². The normalized spacial score (nSPS) is 19.2. The number of guanidine groups is 1. The first-order valence-corrected chi connectivity index (χ1v) is 10.5. The molecule has 1 fully saturated rings. The smallest absolute Gasteiger partial charge is 0.209 e. The molecule has 0 aromatic rings. The number of hydrogen-bond donors (Lipinski definition) is 2. The Morgan fingerprint density at radius 3 is 2.48 bits per heavy atom. The van der Waals surface area contributed by atoms with Gasteiger partial charge in [-0.2, -0.15) is 11.8 Å². The van der Waals surface area contributed by atoms with Crippen LogP contribution in [0.3, 0.4) is 0 Å². The Bertz CT molecular complexity index is 507. The summed E-state index contributed by atoms with van der Waals surface area (Å²) < 4.78 is 25.7. The molecule has 0 unspecified atom stereocenters. The van der Waals surface area contributed by atoms with Gasteiger partial charge in [0, 0.05) is 35.7 Å². The summed E-state index contributed by atoms with van der Waals surface area (Å²) in [5, 5.41) is 3.31. The van der Waals surface area contributed by atoms with Gasteiger partial charge in [0.25, 0.3) is 0 Å². The molecule has 1 heterocycles. The third-order valence-electron chi connectivity index (χ3n) is 3.15. The molecule has 138 valence electrons. The summed E-state index contributed by atoms with van der Waals surface area (Å²) in [6.45, 7) is 13.3. The van der Waals surface area contributed by atoms with Gasteiger partial charge in [-0.3, -0.25) is 4.99 Å². The molecule has 2 N–H and O–H groups in total. The Morgan fingerprint density at radius 2 is 2.00 bits per heavy atom. The second-order valence-corrected chi connectivity index (χ2v) is 10.5. The van der Waals surface area contributed by atoms with Gasteiger partial charge in [-0.05, 0) is 34.6 Å². The van der Waals surface area contributed by atoms with Crippen LogP contribution in [0.15, 0.2) is 4.99 Å². The van der Waals surface area contributed by atoms with Gasteiger partial charge in [-0.1, -0.05) is 0 Å². The standard InChI is InChI=1S/C14H30N4O2S2.HI/c1-7-15-12(18-8-9-21-14(4,5)11-18)16-10-13(2,3)17-22(6,19)20;/h17H,7-11H2,1-6H3,(H,15,16);1H. The van der Waals surface area contributed by atoms with Gasteiger partial charge < -0.3 is 10.2 Å². The topological polar surface area (TPSA) is 73.8 Å². The summed E-state index contributed by atoms with van der Waals surface area (Å²) >= 11 is 1.98. The minimum atomic E-state index is -3.24. The third kappa shape index (κ3) is 9.35.